The molecule has 26 heavy (non-hydrogen) atoms. The van der Waals surface area contributed by atoms with Gasteiger partial charge in [-0.25, -0.2) is 18.3 Å². The molecule has 3 rings (SSSR count). The van der Waals surface area contributed by atoms with Gasteiger partial charge in [-0.1, -0.05) is 6.07 Å². The van der Waals surface area contributed by atoms with Crippen LogP contribution in [0.1, 0.15) is 5.69 Å². The zero-order valence-electron chi connectivity index (χ0n) is 13.2. The molecule has 10 heteroatoms. The average molecular weight is 367 g/mol. The molecular formula is C16H13F4N5O. The molecular weight excluding hydrogens is 354 g/mol. The monoisotopic (exact) mass is 367 g/mol. The molecule has 0 unspecified atom stereocenters. The van der Waals surface area contributed by atoms with Gasteiger partial charge in [-0.05, 0) is 23.8 Å². The highest BCUT2D eigenvalue weighted by atomic mass is 19.4. The first-order chi connectivity index (χ1) is 12.3. The average Bonchev–Trinajstić information content (AvgIpc) is 2.94. The van der Waals surface area contributed by atoms with Gasteiger partial charge in [-0.3, -0.25) is 4.98 Å². The lowest BCUT2D eigenvalue weighted by Crippen LogP contribution is -2.23. The van der Waals surface area contributed by atoms with E-state index in [0.717, 1.165) is 16.9 Å². The maximum atomic E-state index is 12.7. The minimum absolute atomic E-state index is 0.0563. The predicted molar refractivity (Wildman–Crippen MR) is 85.9 cm³/mol. The fraction of sp³-hybridized carbons (Fsp3) is 0.188. The number of aromatic nitrogens is 4. The summed E-state index contributed by atoms with van der Waals surface area (Å²) in [6, 6.07) is 5.27. The predicted octanol–water partition coefficient (Wildman–Crippen LogP) is 2.39. The van der Waals surface area contributed by atoms with Gasteiger partial charge >= 0.3 is 11.9 Å². The molecule has 3 aromatic rings. The lowest BCUT2D eigenvalue weighted by atomic mass is 10.1. The molecule has 0 atom stereocenters. The Bertz CT molecular complexity index is 1020. The molecule has 0 aliphatic heterocycles. The van der Waals surface area contributed by atoms with Crippen LogP contribution in [-0.4, -0.2) is 25.7 Å². The van der Waals surface area contributed by atoms with Crippen LogP contribution in [0, 0.1) is 0 Å². The summed E-state index contributed by atoms with van der Waals surface area (Å²) in [5.74, 6) is 0. The minimum atomic E-state index is -4.52. The van der Waals surface area contributed by atoms with Crippen LogP contribution >= 0.6 is 0 Å². The summed E-state index contributed by atoms with van der Waals surface area (Å²) in [5, 5.41) is 4.07. The third-order valence-electron chi connectivity index (χ3n) is 3.73. The van der Waals surface area contributed by atoms with Crippen molar-refractivity contribution in [1.29, 1.82) is 0 Å². The molecule has 0 aromatic carbocycles. The lowest BCUT2D eigenvalue weighted by molar-refractivity contribution is -0.141. The summed E-state index contributed by atoms with van der Waals surface area (Å²) >= 11 is 0. The molecule has 0 saturated carbocycles. The molecule has 0 aliphatic rings. The van der Waals surface area contributed by atoms with Crippen LogP contribution in [-0.2, 0) is 12.7 Å². The Labute approximate surface area is 144 Å². The van der Waals surface area contributed by atoms with Crippen LogP contribution < -0.4 is 11.4 Å². The molecule has 0 saturated heterocycles. The van der Waals surface area contributed by atoms with Crippen molar-refractivity contribution < 1.29 is 17.6 Å². The topological polar surface area (TPSA) is 78.2 Å². The van der Waals surface area contributed by atoms with E-state index in [2.05, 4.69) is 10.1 Å². The molecule has 0 fully saturated rings. The Balaban J connectivity index is 1.99. The molecule has 0 bridgehead atoms. The zero-order chi connectivity index (χ0) is 18.9. The second-order valence-corrected chi connectivity index (χ2v) is 5.49. The Hall–Kier alpha value is -3.01. The third-order valence-corrected chi connectivity index (χ3v) is 3.73. The van der Waals surface area contributed by atoms with Crippen LogP contribution in [0.2, 0.25) is 0 Å². The van der Waals surface area contributed by atoms with E-state index in [-0.39, 0.29) is 18.7 Å². The second kappa shape index (κ2) is 6.71. The number of fused-ring (bicyclic) bond motifs is 1. The standard InChI is InChI=1S/C16H13F4N5O/c17-5-10(6-21)8-25-15(26)24-9-12(2-4-14(24)23-25)11-1-3-13(22-7-11)16(18,19)20/h1-5,7,9H,6,8,21H2/b10-5+. The van der Waals surface area contributed by atoms with Gasteiger partial charge in [0.15, 0.2) is 5.65 Å². The quantitative estimate of drug-likeness (QED) is 0.719. The summed E-state index contributed by atoms with van der Waals surface area (Å²) in [4.78, 5) is 15.8. The lowest BCUT2D eigenvalue weighted by Gasteiger charge is -2.06. The SMILES string of the molecule is NC/C(=C\F)Cn1nc2ccc(-c3ccc(C(F)(F)F)nc3)cn2c1=O. The minimum Gasteiger partial charge on any atom is -0.327 e. The number of nitrogens with zero attached hydrogens (tertiary/aromatic N) is 4. The van der Waals surface area contributed by atoms with Gasteiger partial charge in [0.25, 0.3) is 0 Å². The zero-order valence-corrected chi connectivity index (χ0v) is 13.2. The fourth-order valence-electron chi connectivity index (χ4n) is 2.36. The van der Waals surface area contributed by atoms with E-state index in [1.54, 1.807) is 6.07 Å². The Morgan fingerprint density at radius 3 is 2.50 bits per heavy atom. The summed E-state index contributed by atoms with van der Waals surface area (Å²) in [6.07, 6.45) is -1.68. The first-order valence-electron chi connectivity index (χ1n) is 7.44. The molecule has 136 valence electrons. The maximum absolute atomic E-state index is 12.7. The maximum Gasteiger partial charge on any atom is 0.433 e. The van der Waals surface area contributed by atoms with E-state index in [4.69, 9.17) is 5.73 Å². The highest BCUT2D eigenvalue weighted by Gasteiger charge is 2.32. The highest BCUT2D eigenvalue weighted by Crippen LogP contribution is 2.28. The van der Waals surface area contributed by atoms with Crippen molar-refractivity contribution in [2.45, 2.75) is 12.7 Å². The van der Waals surface area contributed by atoms with Crippen molar-refractivity contribution in [3.05, 3.63) is 64.7 Å². The van der Waals surface area contributed by atoms with Crippen molar-refractivity contribution >= 4 is 5.65 Å². The Kier molecular flexibility index (Phi) is 4.60. The first kappa shape index (κ1) is 17.8. The number of rotatable bonds is 4. The van der Waals surface area contributed by atoms with Gasteiger partial charge in [-0.15, -0.1) is 5.10 Å². The van der Waals surface area contributed by atoms with Crippen LogP contribution in [0.25, 0.3) is 16.8 Å². The normalized spacial score (nSPS) is 12.7. The van der Waals surface area contributed by atoms with Crippen LogP contribution in [0.4, 0.5) is 17.6 Å². The summed E-state index contributed by atoms with van der Waals surface area (Å²) < 4.78 is 52.7. The van der Waals surface area contributed by atoms with Gasteiger partial charge in [0.05, 0.1) is 12.9 Å². The van der Waals surface area contributed by atoms with Crippen LogP contribution in [0.3, 0.4) is 0 Å². The number of hydrogen-bond donors (Lipinski definition) is 1. The summed E-state index contributed by atoms with van der Waals surface area (Å²) in [6.45, 7) is -0.149. The molecule has 2 N–H and O–H groups in total. The smallest absolute Gasteiger partial charge is 0.327 e. The van der Waals surface area contributed by atoms with Gasteiger partial charge in [0, 0.05) is 30.1 Å². The molecule has 0 radical (unpaired) electrons. The van der Waals surface area contributed by atoms with Crippen molar-refractivity contribution in [3.63, 3.8) is 0 Å². The van der Waals surface area contributed by atoms with Crippen molar-refractivity contribution in [2.75, 3.05) is 6.54 Å². The second-order valence-electron chi connectivity index (χ2n) is 5.49. The Morgan fingerprint density at radius 1 is 1.19 bits per heavy atom. The number of halogens is 4. The number of nitrogens with two attached hydrogens (primary N) is 1. The van der Waals surface area contributed by atoms with E-state index in [0.29, 0.717) is 23.1 Å². The van der Waals surface area contributed by atoms with E-state index in [1.165, 1.54) is 22.7 Å². The summed E-state index contributed by atoms with van der Waals surface area (Å²) in [5.41, 5.74) is 5.26. The molecule has 3 aromatic heterocycles. The molecule has 0 amide bonds. The van der Waals surface area contributed by atoms with Crippen LogP contribution in [0.15, 0.2) is 53.4 Å². The fourth-order valence-corrected chi connectivity index (χ4v) is 2.36. The molecule has 3 heterocycles. The number of hydrogen-bond acceptors (Lipinski definition) is 4. The van der Waals surface area contributed by atoms with E-state index in [9.17, 15) is 22.4 Å². The summed E-state index contributed by atoms with van der Waals surface area (Å²) in [7, 11) is 0. The Morgan fingerprint density at radius 2 is 1.92 bits per heavy atom. The molecule has 0 aliphatic carbocycles. The number of pyridine rings is 2. The van der Waals surface area contributed by atoms with Crippen molar-refractivity contribution in [3.8, 4) is 11.1 Å². The molecule has 0 spiro atoms. The van der Waals surface area contributed by atoms with E-state index in [1.807, 2.05) is 0 Å². The van der Waals surface area contributed by atoms with Gasteiger partial charge in [0.1, 0.15) is 5.69 Å². The third kappa shape index (κ3) is 3.36. The highest BCUT2D eigenvalue weighted by molar-refractivity contribution is 5.63. The van der Waals surface area contributed by atoms with Crippen LogP contribution in [0.5, 0.6) is 0 Å². The largest absolute Gasteiger partial charge is 0.433 e. The van der Waals surface area contributed by atoms with Crippen molar-refractivity contribution in [2.24, 2.45) is 5.73 Å². The number of alkyl halides is 3. The van der Waals surface area contributed by atoms with E-state index >= 15 is 0 Å². The first-order valence-corrected chi connectivity index (χ1v) is 7.44. The van der Waals surface area contributed by atoms with Gasteiger partial charge in [-0.2, -0.15) is 13.2 Å². The van der Waals surface area contributed by atoms with Gasteiger partial charge < -0.3 is 5.73 Å². The van der Waals surface area contributed by atoms with Gasteiger partial charge in [0.2, 0.25) is 0 Å². The van der Waals surface area contributed by atoms with E-state index < -0.39 is 17.6 Å². The molecule has 6 nitrogen and oxygen atoms in total. The van der Waals surface area contributed by atoms with Crippen molar-refractivity contribution in [1.82, 2.24) is 19.2 Å².